The molecular formula is C11H14Cl4N4O3S. The molecular weight excluding hydrogens is 410 g/mol. The third-order valence-electron chi connectivity index (χ3n) is 2.82. The van der Waals surface area contributed by atoms with Crippen molar-refractivity contribution in [2.75, 3.05) is 13.6 Å². The molecule has 0 fully saturated rings. The lowest BCUT2D eigenvalue weighted by Gasteiger charge is -2.27. The maximum Gasteiger partial charge on any atom is 0.318 e. The Morgan fingerprint density at radius 2 is 2.22 bits per heavy atom. The van der Waals surface area contributed by atoms with E-state index in [0.717, 1.165) is 4.88 Å². The van der Waals surface area contributed by atoms with Crippen LogP contribution in [-0.2, 0) is 6.54 Å². The fourth-order valence-electron chi connectivity index (χ4n) is 1.81. The highest BCUT2D eigenvalue weighted by atomic mass is 35.6. The van der Waals surface area contributed by atoms with Crippen molar-refractivity contribution in [1.29, 1.82) is 0 Å². The number of halogens is 4. The maximum atomic E-state index is 11.4. The molecule has 0 amide bonds. The first-order chi connectivity index (χ1) is 10.6. The summed E-state index contributed by atoms with van der Waals surface area (Å²) >= 11 is 23.8. The van der Waals surface area contributed by atoms with Gasteiger partial charge < -0.3 is 15.3 Å². The van der Waals surface area contributed by atoms with Crippen LogP contribution in [0, 0.1) is 10.1 Å². The summed E-state index contributed by atoms with van der Waals surface area (Å²) < 4.78 is -1.88. The number of aliphatic hydroxyl groups is 1. The van der Waals surface area contributed by atoms with Crippen LogP contribution in [0.15, 0.2) is 17.7 Å². The molecule has 0 bridgehead atoms. The van der Waals surface area contributed by atoms with Crippen molar-refractivity contribution in [3.8, 4) is 0 Å². The van der Waals surface area contributed by atoms with E-state index in [1.54, 1.807) is 18.0 Å². The highest BCUT2D eigenvalue weighted by Gasteiger charge is 2.43. The molecule has 12 heteroatoms. The molecule has 0 saturated heterocycles. The van der Waals surface area contributed by atoms with E-state index in [9.17, 15) is 15.2 Å². The molecule has 0 saturated carbocycles. The summed E-state index contributed by atoms with van der Waals surface area (Å²) in [6.07, 6.45) is -0.343. The van der Waals surface area contributed by atoms with Crippen LogP contribution in [0.2, 0.25) is 4.47 Å². The van der Waals surface area contributed by atoms with Crippen LogP contribution in [-0.4, -0.2) is 43.4 Å². The molecule has 0 spiro atoms. The monoisotopic (exact) mass is 422 g/mol. The van der Waals surface area contributed by atoms with Crippen LogP contribution < -0.4 is 5.32 Å². The highest BCUT2D eigenvalue weighted by molar-refractivity contribution is 7.15. The van der Waals surface area contributed by atoms with Gasteiger partial charge in [0.25, 0.3) is 0 Å². The van der Waals surface area contributed by atoms with Gasteiger partial charge in [-0.15, -0.1) is 11.3 Å². The lowest BCUT2D eigenvalue weighted by Crippen LogP contribution is -2.39. The Morgan fingerprint density at radius 1 is 1.61 bits per heavy atom. The Morgan fingerprint density at radius 3 is 2.57 bits per heavy atom. The summed E-state index contributed by atoms with van der Waals surface area (Å²) in [5.74, 6) is 0.0425. The summed E-state index contributed by atoms with van der Waals surface area (Å²) in [7, 11) is 1.48. The first kappa shape index (κ1) is 20.5. The van der Waals surface area contributed by atoms with Crippen LogP contribution in [0.5, 0.6) is 0 Å². The highest BCUT2D eigenvalue weighted by Crippen LogP contribution is 2.35. The maximum absolute atomic E-state index is 11.4. The molecule has 1 rings (SSSR count). The van der Waals surface area contributed by atoms with Crippen molar-refractivity contribution in [3.63, 3.8) is 0 Å². The van der Waals surface area contributed by atoms with E-state index >= 15 is 0 Å². The smallest absolute Gasteiger partial charge is 0.318 e. The number of aliphatic hydroxyl groups excluding tert-OH is 1. The molecule has 0 aliphatic rings. The fraction of sp³-hybridized carbons (Fsp3) is 0.545. The van der Waals surface area contributed by atoms with Gasteiger partial charge in [-0.3, -0.25) is 10.1 Å². The van der Waals surface area contributed by atoms with Gasteiger partial charge in [0.05, 0.1) is 11.5 Å². The Kier molecular flexibility index (Phi) is 7.63. The molecule has 7 nitrogen and oxygen atoms in total. The van der Waals surface area contributed by atoms with E-state index in [4.69, 9.17) is 46.4 Å². The number of rotatable bonds is 7. The lowest BCUT2D eigenvalue weighted by molar-refractivity contribution is -0.438. The molecule has 1 aromatic heterocycles. The number of nitrogens with one attached hydrogen (secondary N) is 1. The van der Waals surface area contributed by atoms with Gasteiger partial charge in [-0.2, -0.15) is 0 Å². The zero-order valence-electron chi connectivity index (χ0n) is 12.1. The van der Waals surface area contributed by atoms with Gasteiger partial charge in [-0.25, -0.2) is 4.98 Å². The average molecular weight is 424 g/mol. The van der Waals surface area contributed by atoms with Gasteiger partial charge in [0.2, 0.25) is 3.79 Å². The quantitative estimate of drug-likeness (QED) is 0.398. The molecule has 2 N–H and O–H groups in total. The molecule has 1 aromatic rings. The molecule has 1 unspecified atom stereocenters. The summed E-state index contributed by atoms with van der Waals surface area (Å²) in [6, 6.07) is 0. The predicted octanol–water partition coefficient (Wildman–Crippen LogP) is 3.01. The zero-order valence-corrected chi connectivity index (χ0v) is 15.9. The zero-order chi connectivity index (χ0) is 17.8. The van der Waals surface area contributed by atoms with Gasteiger partial charge in [0.15, 0.2) is 16.4 Å². The third kappa shape index (κ3) is 5.51. The first-order valence-electron chi connectivity index (χ1n) is 6.28. The van der Waals surface area contributed by atoms with E-state index in [1.807, 2.05) is 0 Å². The Hall–Kier alpha value is -0.510. The number of hydrogen-bond acceptors (Lipinski definition) is 7. The van der Waals surface area contributed by atoms with E-state index in [-0.39, 0.29) is 5.82 Å². The minimum absolute atomic E-state index is 0.0425. The lowest BCUT2D eigenvalue weighted by atomic mass is 10.2. The Labute approximate surface area is 156 Å². The van der Waals surface area contributed by atoms with Crippen LogP contribution in [0.4, 0.5) is 0 Å². The van der Waals surface area contributed by atoms with E-state index in [2.05, 4.69) is 10.3 Å². The first-order valence-corrected chi connectivity index (χ1v) is 8.60. The van der Waals surface area contributed by atoms with E-state index < -0.39 is 20.5 Å². The van der Waals surface area contributed by atoms with Gasteiger partial charge in [-0.05, 0) is 6.92 Å². The molecule has 0 aromatic carbocycles. The number of hydrogen-bond donors (Lipinski definition) is 2. The Bertz CT molecular complexity index is 590. The number of alkyl halides is 3. The Balaban J connectivity index is 3.27. The molecule has 1 heterocycles. The molecule has 1 atom stereocenters. The van der Waals surface area contributed by atoms with Crippen LogP contribution >= 0.6 is 57.7 Å². The minimum Gasteiger partial charge on any atom is -0.378 e. The van der Waals surface area contributed by atoms with Crippen molar-refractivity contribution >= 4 is 57.7 Å². The SMILES string of the molecule is CCN(Cc1cnc(Cl)s1)C(NC)=C(C(O)C(Cl)(Cl)Cl)[N+](=O)[O-]. The van der Waals surface area contributed by atoms with E-state index in [1.165, 1.54) is 18.4 Å². The van der Waals surface area contributed by atoms with Gasteiger partial charge in [-0.1, -0.05) is 46.4 Å². The normalized spacial score (nSPS) is 14.2. The van der Waals surface area contributed by atoms with Crippen LogP contribution in [0.3, 0.4) is 0 Å². The summed E-state index contributed by atoms with van der Waals surface area (Å²) in [5, 5.41) is 24.1. The van der Waals surface area contributed by atoms with Crippen molar-refractivity contribution in [1.82, 2.24) is 15.2 Å². The van der Waals surface area contributed by atoms with Gasteiger partial charge in [0, 0.05) is 24.7 Å². The van der Waals surface area contributed by atoms with Crippen molar-refractivity contribution in [3.05, 3.63) is 37.2 Å². The summed E-state index contributed by atoms with van der Waals surface area (Å²) in [4.78, 5) is 16.9. The van der Waals surface area contributed by atoms with Gasteiger partial charge in [0.1, 0.15) is 0 Å². The minimum atomic E-state index is -2.24. The van der Waals surface area contributed by atoms with Crippen molar-refractivity contribution < 1.29 is 10.0 Å². The second kappa shape index (κ2) is 8.55. The molecule has 130 valence electrons. The van der Waals surface area contributed by atoms with Crippen molar-refractivity contribution in [2.24, 2.45) is 0 Å². The van der Waals surface area contributed by atoms with E-state index in [0.29, 0.717) is 17.6 Å². The fourth-order valence-corrected chi connectivity index (χ4v) is 3.12. The third-order valence-corrected chi connectivity index (χ3v) is 4.53. The van der Waals surface area contributed by atoms with Crippen molar-refractivity contribution in [2.45, 2.75) is 23.4 Å². The standard InChI is InChI=1S/C11H14Cl4N4O3S/c1-3-18(5-6-4-17-10(12)23-6)9(16-2)7(19(21)22)8(20)11(13,14)15/h4,8,16,20H,3,5H2,1-2H3. The van der Waals surface area contributed by atoms with Crippen LogP contribution in [0.25, 0.3) is 0 Å². The number of nitrogens with zero attached hydrogens (tertiary/aromatic N) is 3. The largest absolute Gasteiger partial charge is 0.378 e. The molecule has 0 radical (unpaired) electrons. The second-order valence-corrected chi connectivity index (χ2v) is 8.35. The summed E-state index contributed by atoms with van der Waals surface area (Å²) in [5.41, 5.74) is -0.634. The molecule has 23 heavy (non-hydrogen) atoms. The summed E-state index contributed by atoms with van der Waals surface area (Å²) in [6.45, 7) is 2.48. The second-order valence-electron chi connectivity index (χ2n) is 4.28. The number of thiazole rings is 1. The molecule has 0 aliphatic heterocycles. The average Bonchev–Trinajstić information content (AvgIpc) is 2.85. The number of nitro groups is 1. The molecule has 0 aliphatic carbocycles. The number of aromatic nitrogens is 1. The predicted molar refractivity (Wildman–Crippen MR) is 92.6 cm³/mol. The van der Waals surface area contributed by atoms with Gasteiger partial charge >= 0.3 is 5.70 Å². The van der Waals surface area contributed by atoms with Crippen LogP contribution in [0.1, 0.15) is 11.8 Å². The topological polar surface area (TPSA) is 91.5 Å².